The molecule has 1 N–H and O–H groups in total. The van der Waals surface area contributed by atoms with Crippen LogP contribution in [0, 0.1) is 5.92 Å². The molecule has 1 saturated carbocycles. The molecule has 0 atom stereocenters. The van der Waals surface area contributed by atoms with Gasteiger partial charge >= 0.3 is 6.18 Å². The van der Waals surface area contributed by atoms with E-state index in [1.165, 1.54) is 12.3 Å². The van der Waals surface area contributed by atoms with Crippen LogP contribution in [0.2, 0.25) is 0 Å². The van der Waals surface area contributed by atoms with Gasteiger partial charge in [0.1, 0.15) is 23.5 Å². The SMILES string of the molecule is CN(c1ncnc2[nH]ccc12)[C@H]1C[C@@H](CSc2ccc(C(F)(F)F)nc2)C1. The van der Waals surface area contributed by atoms with Crippen LogP contribution in [0.5, 0.6) is 0 Å². The molecule has 3 aromatic rings. The summed E-state index contributed by atoms with van der Waals surface area (Å²) in [4.78, 5) is 18.2. The Hall–Kier alpha value is -2.29. The number of rotatable bonds is 5. The Labute approximate surface area is 158 Å². The van der Waals surface area contributed by atoms with E-state index in [0.29, 0.717) is 12.0 Å². The summed E-state index contributed by atoms with van der Waals surface area (Å²) in [5, 5.41) is 1.01. The van der Waals surface area contributed by atoms with Crippen molar-refractivity contribution in [1.29, 1.82) is 0 Å². The Balaban J connectivity index is 1.30. The zero-order chi connectivity index (χ0) is 19.0. The number of anilines is 1. The first-order valence-electron chi connectivity index (χ1n) is 8.59. The lowest BCUT2D eigenvalue weighted by atomic mass is 9.81. The number of pyridine rings is 1. The van der Waals surface area contributed by atoms with Crippen LogP contribution >= 0.6 is 11.8 Å². The second-order valence-electron chi connectivity index (χ2n) is 6.73. The molecule has 0 amide bonds. The van der Waals surface area contributed by atoms with Gasteiger partial charge < -0.3 is 9.88 Å². The molecule has 1 aliphatic carbocycles. The number of aromatic amines is 1. The molecule has 0 radical (unpaired) electrons. The molecular weight excluding hydrogens is 375 g/mol. The zero-order valence-electron chi connectivity index (χ0n) is 14.6. The third-order valence-electron chi connectivity index (χ3n) is 4.94. The maximum atomic E-state index is 12.5. The van der Waals surface area contributed by atoms with Gasteiger partial charge in [-0.05, 0) is 37.0 Å². The highest BCUT2D eigenvalue weighted by Gasteiger charge is 2.34. The van der Waals surface area contributed by atoms with Crippen molar-refractivity contribution in [2.45, 2.75) is 30.0 Å². The fourth-order valence-corrected chi connectivity index (χ4v) is 4.30. The molecule has 142 valence electrons. The number of fused-ring (bicyclic) bond motifs is 1. The molecule has 4 rings (SSSR count). The van der Waals surface area contributed by atoms with Gasteiger partial charge in [-0.15, -0.1) is 11.8 Å². The lowest BCUT2D eigenvalue weighted by Gasteiger charge is -2.41. The van der Waals surface area contributed by atoms with Crippen LogP contribution in [0.3, 0.4) is 0 Å². The van der Waals surface area contributed by atoms with Crippen molar-refractivity contribution in [2.75, 3.05) is 17.7 Å². The highest BCUT2D eigenvalue weighted by molar-refractivity contribution is 7.99. The van der Waals surface area contributed by atoms with E-state index in [1.54, 1.807) is 18.1 Å². The lowest BCUT2D eigenvalue weighted by molar-refractivity contribution is -0.141. The monoisotopic (exact) mass is 393 g/mol. The summed E-state index contributed by atoms with van der Waals surface area (Å²) in [6, 6.07) is 4.92. The van der Waals surface area contributed by atoms with Crippen molar-refractivity contribution in [3.63, 3.8) is 0 Å². The van der Waals surface area contributed by atoms with Crippen molar-refractivity contribution in [2.24, 2.45) is 5.92 Å². The number of aromatic nitrogens is 4. The van der Waals surface area contributed by atoms with E-state index in [1.807, 2.05) is 19.3 Å². The molecule has 0 bridgehead atoms. The van der Waals surface area contributed by atoms with Gasteiger partial charge in [0, 0.05) is 36.1 Å². The summed E-state index contributed by atoms with van der Waals surface area (Å²) in [6.07, 6.45) is 2.41. The minimum absolute atomic E-state index is 0.411. The summed E-state index contributed by atoms with van der Waals surface area (Å²) in [6.45, 7) is 0. The standard InChI is InChI=1S/C18H18F3N5S/c1-26(17-14-4-5-22-16(14)24-10-25-17)12-6-11(7-12)9-27-13-2-3-15(23-8-13)18(19,20)21/h2-5,8,10-12H,6-7,9H2,1H3,(H,22,24,25)/t11-,12+. The fourth-order valence-electron chi connectivity index (χ4n) is 3.31. The highest BCUT2D eigenvalue weighted by atomic mass is 32.2. The average molecular weight is 393 g/mol. The fraction of sp³-hybridized carbons (Fsp3) is 0.389. The number of alkyl halides is 3. The van der Waals surface area contributed by atoms with Gasteiger partial charge in [-0.25, -0.2) is 9.97 Å². The van der Waals surface area contributed by atoms with Crippen molar-refractivity contribution < 1.29 is 13.2 Å². The summed E-state index contributed by atoms with van der Waals surface area (Å²) in [7, 11) is 2.04. The van der Waals surface area contributed by atoms with E-state index in [9.17, 15) is 13.2 Å². The summed E-state index contributed by atoms with van der Waals surface area (Å²) in [5.41, 5.74) is -0.0220. The lowest BCUT2D eigenvalue weighted by Crippen LogP contribution is -2.43. The third kappa shape index (κ3) is 3.73. The predicted molar refractivity (Wildman–Crippen MR) is 98.8 cm³/mol. The third-order valence-corrected chi connectivity index (χ3v) is 6.15. The number of H-pyrrole nitrogens is 1. The Kier molecular flexibility index (Phi) is 4.71. The molecule has 0 unspecified atom stereocenters. The smallest absolute Gasteiger partial charge is 0.356 e. The summed E-state index contributed by atoms with van der Waals surface area (Å²) in [5.74, 6) is 2.33. The van der Waals surface area contributed by atoms with Gasteiger partial charge in [0.25, 0.3) is 0 Å². The molecule has 0 saturated heterocycles. The van der Waals surface area contributed by atoms with E-state index >= 15 is 0 Å². The Morgan fingerprint density at radius 3 is 2.70 bits per heavy atom. The van der Waals surface area contributed by atoms with E-state index in [2.05, 4.69) is 24.8 Å². The molecule has 0 aromatic carbocycles. The predicted octanol–water partition coefficient (Wildman–Crippen LogP) is 4.38. The quantitative estimate of drug-likeness (QED) is 0.652. The molecule has 3 heterocycles. The maximum Gasteiger partial charge on any atom is 0.433 e. The van der Waals surface area contributed by atoms with Gasteiger partial charge in [0.05, 0.1) is 5.39 Å². The van der Waals surface area contributed by atoms with Crippen LogP contribution in [0.25, 0.3) is 11.0 Å². The molecule has 9 heteroatoms. The topological polar surface area (TPSA) is 57.7 Å². The molecule has 0 spiro atoms. The van der Waals surface area contributed by atoms with Crippen LogP contribution in [-0.4, -0.2) is 38.8 Å². The summed E-state index contributed by atoms with van der Waals surface area (Å²) >= 11 is 1.56. The average Bonchev–Trinajstić information content (AvgIpc) is 3.08. The van der Waals surface area contributed by atoms with E-state index in [-0.39, 0.29) is 0 Å². The van der Waals surface area contributed by atoms with Crippen molar-refractivity contribution in [3.8, 4) is 0 Å². The van der Waals surface area contributed by atoms with Gasteiger partial charge in [0.2, 0.25) is 0 Å². The molecule has 3 aromatic heterocycles. The van der Waals surface area contributed by atoms with E-state index in [0.717, 1.165) is 46.4 Å². The maximum absolute atomic E-state index is 12.5. The second kappa shape index (κ2) is 7.03. The number of nitrogens with zero attached hydrogens (tertiary/aromatic N) is 4. The number of halogens is 3. The van der Waals surface area contributed by atoms with Crippen LogP contribution in [0.15, 0.2) is 41.8 Å². The van der Waals surface area contributed by atoms with Crippen LogP contribution < -0.4 is 4.90 Å². The van der Waals surface area contributed by atoms with Gasteiger partial charge in [-0.1, -0.05) is 0 Å². The van der Waals surface area contributed by atoms with Crippen LogP contribution in [-0.2, 0) is 6.18 Å². The first-order valence-corrected chi connectivity index (χ1v) is 9.57. The number of hydrogen-bond acceptors (Lipinski definition) is 5. The first-order chi connectivity index (χ1) is 12.9. The zero-order valence-corrected chi connectivity index (χ0v) is 15.4. The van der Waals surface area contributed by atoms with E-state index in [4.69, 9.17) is 0 Å². The number of hydrogen-bond donors (Lipinski definition) is 1. The van der Waals surface area contributed by atoms with Gasteiger partial charge in [-0.3, -0.25) is 4.98 Å². The molecular formula is C18H18F3N5S. The van der Waals surface area contributed by atoms with Crippen molar-refractivity contribution in [1.82, 2.24) is 19.9 Å². The largest absolute Gasteiger partial charge is 0.433 e. The molecule has 27 heavy (non-hydrogen) atoms. The van der Waals surface area contributed by atoms with Crippen LogP contribution in [0.4, 0.5) is 19.0 Å². The Morgan fingerprint density at radius 1 is 1.19 bits per heavy atom. The number of thioether (sulfide) groups is 1. The van der Waals surface area contributed by atoms with Gasteiger partial charge in [0.15, 0.2) is 0 Å². The molecule has 5 nitrogen and oxygen atoms in total. The molecule has 1 fully saturated rings. The highest BCUT2D eigenvalue weighted by Crippen LogP contribution is 2.38. The second-order valence-corrected chi connectivity index (χ2v) is 7.82. The number of nitrogens with one attached hydrogen (secondary N) is 1. The van der Waals surface area contributed by atoms with E-state index < -0.39 is 11.9 Å². The molecule has 1 aliphatic rings. The minimum atomic E-state index is -4.39. The van der Waals surface area contributed by atoms with Crippen LogP contribution in [0.1, 0.15) is 18.5 Å². The Morgan fingerprint density at radius 2 is 2.00 bits per heavy atom. The molecule has 0 aliphatic heterocycles. The first kappa shape index (κ1) is 18.1. The Bertz CT molecular complexity index is 919. The normalized spacial score (nSPS) is 19.9. The van der Waals surface area contributed by atoms with Crippen molar-refractivity contribution >= 4 is 28.6 Å². The van der Waals surface area contributed by atoms with Crippen molar-refractivity contribution in [3.05, 3.63) is 42.6 Å². The summed E-state index contributed by atoms with van der Waals surface area (Å²) < 4.78 is 37.6. The van der Waals surface area contributed by atoms with Gasteiger partial charge in [-0.2, -0.15) is 13.2 Å². The minimum Gasteiger partial charge on any atom is -0.356 e.